The first-order valence-corrected chi connectivity index (χ1v) is 12.4. The Morgan fingerprint density at radius 2 is 1.61 bits per heavy atom. The van der Waals surface area contributed by atoms with Crippen molar-refractivity contribution in [2.24, 2.45) is 0 Å². The maximum atomic E-state index is 13.0. The molecule has 1 aliphatic heterocycles. The topological polar surface area (TPSA) is 104 Å². The Kier molecular flexibility index (Phi) is 8.45. The van der Waals surface area contributed by atoms with Gasteiger partial charge in [-0.1, -0.05) is 61.5 Å². The summed E-state index contributed by atoms with van der Waals surface area (Å²) in [4.78, 5) is 34.6. The zero-order valence-corrected chi connectivity index (χ0v) is 21.1. The molecule has 0 aliphatic carbocycles. The highest BCUT2D eigenvalue weighted by Crippen LogP contribution is 2.18. The number of nitrogens with one attached hydrogen (secondary N) is 2. The lowest BCUT2D eigenvalue weighted by molar-refractivity contribution is -0.117. The van der Waals surface area contributed by atoms with Crippen LogP contribution < -0.4 is 10.6 Å². The second-order valence-corrected chi connectivity index (χ2v) is 9.45. The largest absolute Gasteiger partial charge is 0.345 e. The number of carbonyl (C=O) groups is 2. The van der Waals surface area contributed by atoms with E-state index < -0.39 is 0 Å². The van der Waals surface area contributed by atoms with Crippen LogP contribution in [0.5, 0.6) is 0 Å². The van der Waals surface area contributed by atoms with Crippen molar-refractivity contribution >= 4 is 17.5 Å². The van der Waals surface area contributed by atoms with Gasteiger partial charge in [0.05, 0.1) is 30.4 Å². The number of anilines is 1. The Morgan fingerprint density at radius 1 is 0.944 bits per heavy atom. The van der Waals surface area contributed by atoms with Crippen LogP contribution in [0.15, 0.2) is 59.1 Å². The molecule has 0 spiro atoms. The zero-order valence-electron chi connectivity index (χ0n) is 21.1. The fourth-order valence-corrected chi connectivity index (χ4v) is 4.15. The molecule has 1 atom stereocenters. The molecule has 9 nitrogen and oxygen atoms in total. The molecule has 0 bridgehead atoms. The molecule has 1 aliphatic rings. The van der Waals surface area contributed by atoms with Crippen LogP contribution in [-0.4, -0.2) is 64.5 Å². The number of piperazine rings is 1. The van der Waals surface area contributed by atoms with Crippen molar-refractivity contribution in [1.82, 2.24) is 25.3 Å². The molecule has 2 heterocycles. The summed E-state index contributed by atoms with van der Waals surface area (Å²) in [6.07, 6.45) is 0. The Labute approximate surface area is 211 Å². The van der Waals surface area contributed by atoms with E-state index in [9.17, 15) is 9.59 Å². The number of para-hydroxylation sites is 1. The van der Waals surface area contributed by atoms with Gasteiger partial charge in [0.2, 0.25) is 11.8 Å². The number of aromatic nitrogens is 2. The summed E-state index contributed by atoms with van der Waals surface area (Å²) in [5.74, 6) is 1.22. The molecule has 0 saturated carbocycles. The van der Waals surface area contributed by atoms with Crippen LogP contribution in [0, 0.1) is 0 Å². The Balaban J connectivity index is 1.27. The van der Waals surface area contributed by atoms with Crippen LogP contribution >= 0.6 is 0 Å². The molecule has 2 amide bonds. The molecule has 36 heavy (non-hydrogen) atoms. The molecule has 1 aromatic heterocycles. The molecule has 190 valence electrons. The van der Waals surface area contributed by atoms with Crippen molar-refractivity contribution in [3.8, 4) is 0 Å². The first kappa shape index (κ1) is 25.5. The van der Waals surface area contributed by atoms with Crippen LogP contribution in [0.4, 0.5) is 5.69 Å². The maximum absolute atomic E-state index is 13.0. The van der Waals surface area contributed by atoms with E-state index in [2.05, 4.69) is 30.6 Å². The van der Waals surface area contributed by atoms with Crippen molar-refractivity contribution < 1.29 is 14.1 Å². The molecule has 2 aromatic carbocycles. The van der Waals surface area contributed by atoms with E-state index in [0.717, 1.165) is 37.6 Å². The summed E-state index contributed by atoms with van der Waals surface area (Å²) >= 11 is 0. The van der Waals surface area contributed by atoms with Crippen molar-refractivity contribution in [2.45, 2.75) is 39.3 Å². The van der Waals surface area contributed by atoms with E-state index >= 15 is 0 Å². The predicted octanol–water partition coefficient (Wildman–Crippen LogP) is 3.44. The third-order valence-corrected chi connectivity index (χ3v) is 6.28. The van der Waals surface area contributed by atoms with Crippen LogP contribution in [0.3, 0.4) is 0 Å². The average molecular weight is 491 g/mol. The Bertz CT molecular complexity index is 1160. The van der Waals surface area contributed by atoms with Gasteiger partial charge in [-0.15, -0.1) is 0 Å². The second-order valence-electron chi connectivity index (χ2n) is 9.45. The van der Waals surface area contributed by atoms with E-state index in [1.165, 1.54) is 0 Å². The van der Waals surface area contributed by atoms with Crippen molar-refractivity contribution in [3.05, 3.63) is 77.4 Å². The van der Waals surface area contributed by atoms with E-state index in [1.807, 2.05) is 57.2 Å². The van der Waals surface area contributed by atoms with Gasteiger partial charge in [-0.2, -0.15) is 4.98 Å². The smallest absolute Gasteiger partial charge is 0.253 e. The summed E-state index contributed by atoms with van der Waals surface area (Å²) in [7, 11) is 0. The van der Waals surface area contributed by atoms with Gasteiger partial charge in [-0.3, -0.25) is 19.4 Å². The summed E-state index contributed by atoms with van der Waals surface area (Å²) in [5.41, 5.74) is 1.97. The molecule has 4 rings (SSSR count). The number of carbonyl (C=O) groups excluding carboxylic acids is 2. The quantitative estimate of drug-likeness (QED) is 0.474. The number of rotatable bonds is 9. The number of benzene rings is 2. The monoisotopic (exact) mass is 490 g/mol. The number of nitrogens with zero attached hydrogens (tertiary/aromatic N) is 4. The van der Waals surface area contributed by atoms with Gasteiger partial charge in [-0.25, -0.2) is 0 Å². The van der Waals surface area contributed by atoms with Crippen molar-refractivity contribution in [2.75, 3.05) is 38.0 Å². The van der Waals surface area contributed by atoms with Gasteiger partial charge < -0.3 is 15.2 Å². The van der Waals surface area contributed by atoms with E-state index in [0.29, 0.717) is 23.7 Å². The molecule has 1 unspecified atom stereocenters. The minimum Gasteiger partial charge on any atom is -0.345 e. The fraction of sp³-hybridized carbons (Fsp3) is 0.407. The van der Waals surface area contributed by atoms with E-state index in [-0.39, 0.29) is 30.3 Å². The summed E-state index contributed by atoms with van der Waals surface area (Å²) in [6.45, 7) is 10.0. The molecule has 1 saturated heterocycles. The average Bonchev–Trinajstić information content (AvgIpc) is 3.35. The first-order chi connectivity index (χ1) is 17.4. The molecule has 2 N–H and O–H groups in total. The highest BCUT2D eigenvalue weighted by atomic mass is 16.5. The normalized spacial score (nSPS) is 15.6. The standard InChI is InChI=1S/C27H34N6O3/c1-19(2)26-30-25(36-31-26)18-33-15-13-32(14-16-33)17-24(34)29-23-12-8-7-11-22(23)27(35)28-20(3)21-9-5-4-6-10-21/h4-12,19-20H,13-18H2,1-3H3,(H,28,35)(H,29,34). The minimum atomic E-state index is -0.225. The Morgan fingerprint density at radius 3 is 2.31 bits per heavy atom. The second kappa shape index (κ2) is 11.9. The molecular weight excluding hydrogens is 456 g/mol. The van der Waals surface area contributed by atoms with Crippen LogP contribution in [0.2, 0.25) is 0 Å². The van der Waals surface area contributed by atoms with Gasteiger partial charge in [0.1, 0.15) is 0 Å². The van der Waals surface area contributed by atoms with Crippen LogP contribution in [0.25, 0.3) is 0 Å². The number of hydrogen-bond acceptors (Lipinski definition) is 7. The van der Waals surface area contributed by atoms with E-state index in [4.69, 9.17) is 4.52 Å². The summed E-state index contributed by atoms with van der Waals surface area (Å²) in [5, 5.41) is 9.97. The third kappa shape index (κ3) is 6.77. The SMILES string of the molecule is CC(C)c1noc(CN2CCN(CC(=O)Nc3ccccc3C(=O)NC(C)c3ccccc3)CC2)n1. The van der Waals surface area contributed by atoms with Gasteiger partial charge in [0.15, 0.2) is 5.82 Å². The molecule has 9 heteroatoms. The molecule has 0 radical (unpaired) electrons. The lowest BCUT2D eigenvalue weighted by atomic mass is 10.1. The Hall–Kier alpha value is -3.56. The van der Waals surface area contributed by atoms with Gasteiger partial charge in [0.25, 0.3) is 5.91 Å². The highest BCUT2D eigenvalue weighted by Gasteiger charge is 2.22. The van der Waals surface area contributed by atoms with E-state index in [1.54, 1.807) is 18.2 Å². The molecular formula is C27H34N6O3. The van der Waals surface area contributed by atoms with Gasteiger partial charge >= 0.3 is 0 Å². The zero-order chi connectivity index (χ0) is 25.5. The van der Waals surface area contributed by atoms with Gasteiger partial charge in [-0.05, 0) is 24.6 Å². The number of amides is 2. The highest BCUT2D eigenvalue weighted by molar-refractivity contribution is 6.04. The van der Waals surface area contributed by atoms with Gasteiger partial charge in [0, 0.05) is 32.1 Å². The van der Waals surface area contributed by atoms with Crippen molar-refractivity contribution in [1.29, 1.82) is 0 Å². The molecule has 3 aromatic rings. The predicted molar refractivity (Wildman–Crippen MR) is 137 cm³/mol. The molecule has 1 fully saturated rings. The van der Waals surface area contributed by atoms with Crippen LogP contribution in [-0.2, 0) is 11.3 Å². The first-order valence-electron chi connectivity index (χ1n) is 12.4. The minimum absolute atomic E-state index is 0.140. The lowest BCUT2D eigenvalue weighted by Gasteiger charge is -2.33. The number of hydrogen-bond donors (Lipinski definition) is 2. The summed E-state index contributed by atoms with van der Waals surface area (Å²) in [6, 6.07) is 16.7. The lowest BCUT2D eigenvalue weighted by Crippen LogP contribution is -2.48. The van der Waals surface area contributed by atoms with Crippen LogP contribution in [0.1, 0.15) is 60.4 Å². The van der Waals surface area contributed by atoms with Crippen molar-refractivity contribution in [3.63, 3.8) is 0 Å². The summed E-state index contributed by atoms with van der Waals surface area (Å²) < 4.78 is 5.35. The fourth-order valence-electron chi connectivity index (χ4n) is 4.15. The maximum Gasteiger partial charge on any atom is 0.253 e. The third-order valence-electron chi connectivity index (χ3n) is 6.28.